The lowest BCUT2D eigenvalue weighted by Crippen LogP contribution is -1.97. The smallest absolute Gasteiger partial charge is 0.177 e. The predicted octanol–water partition coefficient (Wildman–Crippen LogP) is 3.24. The standard InChI is InChI=1S/C5H11NO.C2H6.C2H4/c1-3-4-7-5(2)6;2*1-2/h6H,3-4H2,1-2H3;1-2H3;1-2H2. The largest absolute Gasteiger partial charge is 0.481 e. The molecule has 0 aromatic carbocycles. The Kier molecular flexibility index (Phi) is 34.6. The Morgan fingerprint density at radius 3 is 1.82 bits per heavy atom. The molecule has 0 saturated carbocycles. The highest BCUT2D eigenvalue weighted by molar-refractivity contribution is 5.69. The molecule has 0 atom stereocenters. The summed E-state index contributed by atoms with van der Waals surface area (Å²) in [4.78, 5) is 0. The van der Waals surface area contributed by atoms with Crippen molar-refractivity contribution in [2.45, 2.75) is 34.1 Å². The molecule has 0 bridgehead atoms. The Labute approximate surface area is 70.8 Å². The number of rotatable bonds is 2. The van der Waals surface area contributed by atoms with Gasteiger partial charge in [-0.15, -0.1) is 13.2 Å². The zero-order chi connectivity index (χ0) is 9.70. The topological polar surface area (TPSA) is 33.1 Å². The summed E-state index contributed by atoms with van der Waals surface area (Å²) in [5, 5.41) is 6.78. The molecule has 0 fully saturated rings. The number of nitrogens with one attached hydrogen (secondary N) is 1. The van der Waals surface area contributed by atoms with Crippen LogP contribution in [0.4, 0.5) is 0 Å². The molecule has 1 N–H and O–H groups in total. The van der Waals surface area contributed by atoms with Gasteiger partial charge in [0.15, 0.2) is 5.90 Å². The highest BCUT2D eigenvalue weighted by atomic mass is 16.5. The van der Waals surface area contributed by atoms with E-state index in [4.69, 9.17) is 10.1 Å². The van der Waals surface area contributed by atoms with Crippen LogP contribution in [0.5, 0.6) is 0 Å². The van der Waals surface area contributed by atoms with Crippen LogP contribution in [0.2, 0.25) is 0 Å². The fourth-order valence-electron chi connectivity index (χ4n) is 0.255. The van der Waals surface area contributed by atoms with Crippen LogP contribution in [0, 0.1) is 5.41 Å². The summed E-state index contributed by atoms with van der Waals surface area (Å²) in [6, 6.07) is 0. The molecular weight excluding hydrogens is 138 g/mol. The molecule has 0 saturated heterocycles. The Morgan fingerprint density at radius 1 is 1.36 bits per heavy atom. The molecule has 2 nitrogen and oxygen atoms in total. The van der Waals surface area contributed by atoms with E-state index in [-0.39, 0.29) is 0 Å². The molecule has 0 aliphatic heterocycles. The fraction of sp³-hybridized carbons (Fsp3) is 0.667. The third kappa shape index (κ3) is 46.5. The number of hydrogen-bond acceptors (Lipinski definition) is 2. The molecule has 0 aliphatic carbocycles. The summed E-state index contributed by atoms with van der Waals surface area (Å²) in [6.45, 7) is 14.3. The van der Waals surface area contributed by atoms with Crippen molar-refractivity contribution in [1.29, 1.82) is 5.41 Å². The molecule has 11 heavy (non-hydrogen) atoms. The van der Waals surface area contributed by atoms with Crippen LogP contribution in [0.15, 0.2) is 13.2 Å². The van der Waals surface area contributed by atoms with Gasteiger partial charge < -0.3 is 4.74 Å². The summed E-state index contributed by atoms with van der Waals surface area (Å²) < 4.78 is 4.77. The predicted molar refractivity (Wildman–Crippen MR) is 52.2 cm³/mol. The van der Waals surface area contributed by atoms with Crippen LogP contribution < -0.4 is 0 Å². The van der Waals surface area contributed by atoms with E-state index >= 15 is 0 Å². The van der Waals surface area contributed by atoms with Crippen molar-refractivity contribution in [2.75, 3.05) is 6.61 Å². The van der Waals surface area contributed by atoms with E-state index in [1.165, 1.54) is 0 Å². The Morgan fingerprint density at radius 2 is 1.73 bits per heavy atom. The molecule has 2 heteroatoms. The van der Waals surface area contributed by atoms with E-state index in [0.29, 0.717) is 12.5 Å². The first-order chi connectivity index (χ1) is 5.27. The summed E-state index contributed by atoms with van der Waals surface area (Å²) in [6.07, 6.45) is 0.982. The minimum atomic E-state index is 0.307. The molecule has 0 amide bonds. The van der Waals surface area contributed by atoms with Crippen LogP contribution in [0.1, 0.15) is 34.1 Å². The Bertz CT molecular complexity index is 72.0. The Hall–Kier alpha value is -0.790. The SMILES string of the molecule is C=C.CC.CCCOC(C)=N. The maximum atomic E-state index is 6.78. The van der Waals surface area contributed by atoms with Gasteiger partial charge in [0, 0.05) is 6.92 Å². The highest BCUT2D eigenvalue weighted by Crippen LogP contribution is 1.79. The van der Waals surface area contributed by atoms with E-state index in [1.54, 1.807) is 6.92 Å². The van der Waals surface area contributed by atoms with E-state index in [0.717, 1.165) is 6.42 Å². The van der Waals surface area contributed by atoms with Crippen molar-refractivity contribution in [3.05, 3.63) is 13.2 Å². The van der Waals surface area contributed by atoms with Crippen molar-refractivity contribution in [3.8, 4) is 0 Å². The fourth-order valence-corrected chi connectivity index (χ4v) is 0.255. The van der Waals surface area contributed by atoms with E-state index < -0.39 is 0 Å². The molecule has 0 aromatic rings. The van der Waals surface area contributed by atoms with Gasteiger partial charge in [-0.05, 0) is 6.42 Å². The lowest BCUT2D eigenvalue weighted by atomic mass is 10.5. The zero-order valence-corrected chi connectivity index (χ0v) is 8.24. The molecule has 0 spiro atoms. The van der Waals surface area contributed by atoms with Gasteiger partial charge in [-0.2, -0.15) is 0 Å². The Balaban J connectivity index is -0.000000138. The van der Waals surface area contributed by atoms with Gasteiger partial charge in [-0.25, -0.2) is 0 Å². The summed E-state index contributed by atoms with van der Waals surface area (Å²) in [7, 11) is 0. The van der Waals surface area contributed by atoms with Gasteiger partial charge >= 0.3 is 0 Å². The van der Waals surface area contributed by atoms with Crippen molar-refractivity contribution >= 4 is 5.90 Å². The van der Waals surface area contributed by atoms with Crippen LogP contribution >= 0.6 is 0 Å². The third-order valence-corrected chi connectivity index (χ3v) is 0.523. The lowest BCUT2D eigenvalue weighted by molar-refractivity contribution is 0.299. The summed E-state index contributed by atoms with van der Waals surface area (Å²) in [5.41, 5.74) is 0. The second-order valence-corrected chi connectivity index (χ2v) is 1.40. The molecular formula is C9H21NO. The molecule has 0 heterocycles. The third-order valence-electron chi connectivity index (χ3n) is 0.523. The molecule has 0 unspecified atom stereocenters. The number of hydrogen-bond donors (Lipinski definition) is 1. The molecule has 0 rings (SSSR count). The quantitative estimate of drug-likeness (QED) is 0.374. The first-order valence-electron chi connectivity index (χ1n) is 3.95. The minimum Gasteiger partial charge on any atom is -0.481 e. The first kappa shape index (κ1) is 16.7. The monoisotopic (exact) mass is 159 g/mol. The lowest BCUT2D eigenvalue weighted by Gasteiger charge is -1.97. The van der Waals surface area contributed by atoms with Crippen molar-refractivity contribution in [3.63, 3.8) is 0 Å². The van der Waals surface area contributed by atoms with Crippen molar-refractivity contribution in [1.82, 2.24) is 0 Å². The summed E-state index contributed by atoms with van der Waals surface area (Å²) >= 11 is 0. The van der Waals surface area contributed by atoms with Crippen molar-refractivity contribution < 1.29 is 4.74 Å². The normalized spacial score (nSPS) is 6.18. The molecule has 68 valence electrons. The van der Waals surface area contributed by atoms with Crippen LogP contribution in [0.25, 0.3) is 0 Å². The van der Waals surface area contributed by atoms with E-state index in [2.05, 4.69) is 13.2 Å². The maximum absolute atomic E-state index is 6.78. The highest BCUT2D eigenvalue weighted by Gasteiger charge is 1.80. The van der Waals surface area contributed by atoms with Crippen LogP contribution in [-0.4, -0.2) is 12.5 Å². The van der Waals surface area contributed by atoms with Crippen LogP contribution in [-0.2, 0) is 4.74 Å². The zero-order valence-electron chi connectivity index (χ0n) is 8.24. The minimum absolute atomic E-state index is 0.307. The van der Waals surface area contributed by atoms with Gasteiger partial charge in [-0.1, -0.05) is 20.8 Å². The van der Waals surface area contributed by atoms with Gasteiger partial charge in [0.2, 0.25) is 0 Å². The second kappa shape index (κ2) is 22.9. The maximum Gasteiger partial charge on any atom is 0.177 e. The molecule has 0 aromatic heterocycles. The van der Waals surface area contributed by atoms with Gasteiger partial charge in [0.05, 0.1) is 6.61 Å². The van der Waals surface area contributed by atoms with Gasteiger partial charge in [0.1, 0.15) is 0 Å². The van der Waals surface area contributed by atoms with E-state index in [1.807, 2.05) is 20.8 Å². The van der Waals surface area contributed by atoms with Gasteiger partial charge in [0.25, 0.3) is 0 Å². The van der Waals surface area contributed by atoms with Crippen molar-refractivity contribution in [2.24, 2.45) is 0 Å². The average Bonchev–Trinajstić information content (AvgIpc) is 2.08. The average molecular weight is 159 g/mol. The molecule has 0 aliphatic rings. The molecule has 0 radical (unpaired) electrons. The second-order valence-electron chi connectivity index (χ2n) is 1.40. The van der Waals surface area contributed by atoms with E-state index in [9.17, 15) is 0 Å². The van der Waals surface area contributed by atoms with Crippen LogP contribution in [0.3, 0.4) is 0 Å². The summed E-state index contributed by atoms with van der Waals surface area (Å²) in [5.74, 6) is 0.307. The van der Waals surface area contributed by atoms with Gasteiger partial charge in [-0.3, -0.25) is 5.41 Å². The number of ether oxygens (including phenoxy) is 1. The first-order valence-corrected chi connectivity index (χ1v) is 3.95.